The normalized spacial score (nSPS) is 16.8. The fourth-order valence-electron chi connectivity index (χ4n) is 2.59. The number of nitrogens with zero attached hydrogens (tertiary/aromatic N) is 2. The van der Waals surface area contributed by atoms with Crippen LogP contribution < -0.4 is 4.74 Å². The summed E-state index contributed by atoms with van der Waals surface area (Å²) in [5.41, 5.74) is 0. The first-order valence-electron chi connectivity index (χ1n) is 7.60. The van der Waals surface area contributed by atoms with E-state index < -0.39 is 15.8 Å². The van der Waals surface area contributed by atoms with Crippen molar-refractivity contribution in [2.24, 2.45) is 0 Å². The van der Waals surface area contributed by atoms with Crippen molar-refractivity contribution in [1.29, 1.82) is 0 Å². The molecule has 1 fully saturated rings. The minimum absolute atomic E-state index is 0.0222. The lowest BCUT2D eigenvalue weighted by atomic mass is 10.1. The number of ether oxygens (including phenoxy) is 1. The SMILES string of the molecule is O=S(=O)(c1ccc(F)c(Cl)c1)N1CCC(Oc2ncccc2Cl)CC1. The Kier molecular flexibility index (Phi) is 5.48. The lowest BCUT2D eigenvalue weighted by Crippen LogP contribution is -2.41. The van der Waals surface area contributed by atoms with Gasteiger partial charge in [0.1, 0.15) is 16.9 Å². The van der Waals surface area contributed by atoms with E-state index >= 15 is 0 Å². The van der Waals surface area contributed by atoms with E-state index in [2.05, 4.69) is 4.98 Å². The predicted molar refractivity (Wildman–Crippen MR) is 93.1 cm³/mol. The van der Waals surface area contributed by atoms with E-state index in [0.29, 0.717) is 23.7 Å². The molecule has 0 saturated carbocycles. The average Bonchev–Trinajstić information content (AvgIpc) is 2.60. The van der Waals surface area contributed by atoms with Gasteiger partial charge in [0, 0.05) is 19.3 Å². The van der Waals surface area contributed by atoms with Gasteiger partial charge in [-0.25, -0.2) is 17.8 Å². The number of aromatic nitrogens is 1. The Balaban J connectivity index is 1.67. The summed E-state index contributed by atoms with van der Waals surface area (Å²) in [6.07, 6.45) is 2.41. The molecule has 1 saturated heterocycles. The third-order valence-electron chi connectivity index (χ3n) is 3.93. The van der Waals surface area contributed by atoms with Crippen LogP contribution in [0.3, 0.4) is 0 Å². The molecule has 0 bridgehead atoms. The van der Waals surface area contributed by atoms with Gasteiger partial charge in [0.2, 0.25) is 15.9 Å². The van der Waals surface area contributed by atoms with Crippen molar-refractivity contribution in [1.82, 2.24) is 9.29 Å². The molecule has 0 unspecified atom stereocenters. The Morgan fingerprint density at radius 2 is 1.88 bits per heavy atom. The molecule has 1 aliphatic rings. The maximum Gasteiger partial charge on any atom is 0.243 e. The number of hydrogen-bond donors (Lipinski definition) is 0. The third-order valence-corrected chi connectivity index (χ3v) is 6.40. The maximum absolute atomic E-state index is 13.2. The Morgan fingerprint density at radius 1 is 1.16 bits per heavy atom. The topological polar surface area (TPSA) is 59.5 Å². The molecule has 1 aromatic carbocycles. The van der Waals surface area contributed by atoms with Crippen molar-refractivity contribution in [2.75, 3.05) is 13.1 Å². The van der Waals surface area contributed by atoms with Gasteiger partial charge in [-0.15, -0.1) is 0 Å². The molecule has 0 amide bonds. The highest BCUT2D eigenvalue weighted by molar-refractivity contribution is 7.89. The van der Waals surface area contributed by atoms with Crippen molar-refractivity contribution in [3.8, 4) is 5.88 Å². The van der Waals surface area contributed by atoms with Crippen LogP contribution in [0.2, 0.25) is 10.0 Å². The van der Waals surface area contributed by atoms with Gasteiger partial charge < -0.3 is 4.74 Å². The molecule has 1 aliphatic heterocycles. The summed E-state index contributed by atoms with van der Waals surface area (Å²) in [4.78, 5) is 4.05. The molecule has 0 radical (unpaired) electrons. The van der Waals surface area contributed by atoms with Crippen molar-refractivity contribution >= 4 is 33.2 Å². The number of halogens is 3. The molecule has 5 nitrogen and oxygen atoms in total. The van der Waals surface area contributed by atoms with Crippen LogP contribution in [-0.2, 0) is 10.0 Å². The van der Waals surface area contributed by atoms with E-state index in [1.54, 1.807) is 18.3 Å². The second-order valence-electron chi connectivity index (χ2n) is 5.59. The van der Waals surface area contributed by atoms with Gasteiger partial charge in [0.05, 0.1) is 9.92 Å². The zero-order valence-electron chi connectivity index (χ0n) is 13.0. The molecule has 3 rings (SSSR count). The summed E-state index contributed by atoms with van der Waals surface area (Å²) in [7, 11) is -3.72. The van der Waals surface area contributed by atoms with Crippen LogP contribution in [0, 0.1) is 5.82 Å². The van der Waals surface area contributed by atoms with Crippen LogP contribution in [-0.4, -0.2) is 36.9 Å². The summed E-state index contributed by atoms with van der Waals surface area (Å²) in [5.74, 6) is -0.309. The molecule has 0 aliphatic carbocycles. The largest absolute Gasteiger partial charge is 0.473 e. The van der Waals surface area contributed by atoms with Crippen LogP contribution in [0.1, 0.15) is 12.8 Å². The van der Waals surface area contributed by atoms with Crippen LogP contribution in [0.4, 0.5) is 4.39 Å². The quantitative estimate of drug-likeness (QED) is 0.777. The number of piperidine rings is 1. The fraction of sp³-hybridized carbons (Fsp3) is 0.312. The summed E-state index contributed by atoms with van der Waals surface area (Å²) >= 11 is 11.7. The number of rotatable bonds is 4. The third kappa shape index (κ3) is 4.06. The van der Waals surface area contributed by atoms with E-state index in [1.165, 1.54) is 10.4 Å². The molecule has 9 heteroatoms. The van der Waals surface area contributed by atoms with Gasteiger partial charge in [-0.1, -0.05) is 23.2 Å². The monoisotopic (exact) mass is 404 g/mol. The van der Waals surface area contributed by atoms with E-state index in [-0.39, 0.29) is 29.1 Å². The molecule has 2 heterocycles. The summed E-state index contributed by atoms with van der Waals surface area (Å²) < 4.78 is 45.6. The molecule has 2 aromatic rings. The van der Waals surface area contributed by atoms with Gasteiger partial charge in [0.15, 0.2) is 0 Å². The Bertz CT molecular complexity index is 871. The van der Waals surface area contributed by atoms with Crippen LogP contribution in [0.25, 0.3) is 0 Å². The molecule has 0 N–H and O–H groups in total. The fourth-order valence-corrected chi connectivity index (χ4v) is 4.50. The summed E-state index contributed by atoms with van der Waals surface area (Å²) in [6.45, 7) is 0.568. The van der Waals surface area contributed by atoms with E-state index in [9.17, 15) is 12.8 Å². The minimum Gasteiger partial charge on any atom is -0.473 e. The Morgan fingerprint density at radius 3 is 2.52 bits per heavy atom. The van der Waals surface area contributed by atoms with Gasteiger partial charge in [-0.2, -0.15) is 4.31 Å². The summed E-state index contributed by atoms with van der Waals surface area (Å²) in [6, 6.07) is 6.78. The molecule has 25 heavy (non-hydrogen) atoms. The Hall–Kier alpha value is -1.41. The summed E-state index contributed by atoms with van der Waals surface area (Å²) in [5, 5.41) is 0.197. The molecule has 1 aromatic heterocycles. The van der Waals surface area contributed by atoms with Crippen LogP contribution >= 0.6 is 23.2 Å². The number of pyridine rings is 1. The standard InChI is InChI=1S/C16H15Cl2FN2O3S/c17-13-2-1-7-20-16(13)24-11-5-8-21(9-6-11)25(22,23)12-3-4-15(19)14(18)10-12/h1-4,7,10-11H,5-6,8-9H2. The highest BCUT2D eigenvalue weighted by atomic mass is 35.5. The Labute approximate surface area is 155 Å². The van der Waals surface area contributed by atoms with Crippen LogP contribution in [0.5, 0.6) is 5.88 Å². The zero-order chi connectivity index (χ0) is 18.0. The number of sulfonamides is 1. The molecular weight excluding hydrogens is 390 g/mol. The molecule has 0 atom stereocenters. The first-order valence-corrected chi connectivity index (χ1v) is 9.80. The van der Waals surface area contributed by atoms with Gasteiger partial charge >= 0.3 is 0 Å². The minimum atomic E-state index is -3.72. The average molecular weight is 405 g/mol. The molecular formula is C16H15Cl2FN2O3S. The van der Waals surface area contributed by atoms with Crippen molar-refractivity contribution < 1.29 is 17.5 Å². The predicted octanol–water partition coefficient (Wildman–Crippen LogP) is 3.76. The number of hydrogen-bond acceptors (Lipinski definition) is 4. The van der Waals surface area contributed by atoms with Crippen molar-refractivity contribution in [3.63, 3.8) is 0 Å². The lowest BCUT2D eigenvalue weighted by Gasteiger charge is -2.31. The van der Waals surface area contributed by atoms with Crippen LogP contribution in [0.15, 0.2) is 41.4 Å². The van der Waals surface area contributed by atoms with Crippen molar-refractivity contribution in [2.45, 2.75) is 23.8 Å². The van der Waals surface area contributed by atoms with Gasteiger partial charge in [0.25, 0.3) is 0 Å². The lowest BCUT2D eigenvalue weighted by molar-refractivity contribution is 0.130. The van der Waals surface area contributed by atoms with Crippen molar-refractivity contribution in [3.05, 3.63) is 52.4 Å². The molecule has 134 valence electrons. The first kappa shape index (κ1) is 18.4. The second kappa shape index (κ2) is 7.45. The van der Waals surface area contributed by atoms with Gasteiger partial charge in [-0.3, -0.25) is 0 Å². The highest BCUT2D eigenvalue weighted by Crippen LogP contribution is 2.27. The second-order valence-corrected chi connectivity index (χ2v) is 8.34. The van der Waals surface area contributed by atoms with E-state index in [4.69, 9.17) is 27.9 Å². The first-order chi connectivity index (χ1) is 11.9. The number of benzene rings is 1. The maximum atomic E-state index is 13.2. The zero-order valence-corrected chi connectivity index (χ0v) is 15.4. The van der Waals surface area contributed by atoms with E-state index in [0.717, 1.165) is 12.1 Å². The highest BCUT2D eigenvalue weighted by Gasteiger charge is 2.31. The van der Waals surface area contributed by atoms with Gasteiger partial charge in [-0.05, 0) is 43.2 Å². The molecule has 0 spiro atoms. The van der Waals surface area contributed by atoms with E-state index in [1.807, 2.05) is 0 Å². The smallest absolute Gasteiger partial charge is 0.243 e.